The van der Waals surface area contributed by atoms with Crippen LogP contribution in [0.25, 0.3) is 10.8 Å². The van der Waals surface area contributed by atoms with Gasteiger partial charge < -0.3 is 19.3 Å². The molecule has 1 N–H and O–H groups in total. The van der Waals surface area contributed by atoms with Crippen molar-refractivity contribution in [3.05, 3.63) is 42.5 Å². The Bertz CT molecular complexity index is 599. The molecule has 4 nitrogen and oxygen atoms in total. The number of aliphatic hydroxyl groups excluding tert-OH is 1. The summed E-state index contributed by atoms with van der Waals surface area (Å²) in [5.74, 6) is 0.838. The summed E-state index contributed by atoms with van der Waals surface area (Å²) >= 11 is 0. The maximum absolute atomic E-state index is 9.36. The number of hydrogen-bond donors (Lipinski definition) is 1. The van der Waals surface area contributed by atoms with Crippen molar-refractivity contribution >= 4 is 10.8 Å². The van der Waals surface area contributed by atoms with E-state index >= 15 is 0 Å². The molecule has 0 aliphatic carbocycles. The summed E-state index contributed by atoms with van der Waals surface area (Å²) in [6.45, 7) is 6.61. The fourth-order valence-electron chi connectivity index (χ4n) is 2.22. The van der Waals surface area contributed by atoms with Crippen LogP contribution in [-0.4, -0.2) is 36.8 Å². The highest BCUT2D eigenvalue weighted by Gasteiger charge is 2.10. The van der Waals surface area contributed by atoms with Gasteiger partial charge in [-0.05, 0) is 43.2 Å². The topological polar surface area (TPSA) is 47.9 Å². The molecule has 2 aromatic rings. The van der Waals surface area contributed by atoms with Crippen LogP contribution in [0.5, 0.6) is 5.75 Å². The first kappa shape index (κ1) is 17.7. The second-order valence-electron chi connectivity index (χ2n) is 5.78. The average Bonchev–Trinajstić information content (AvgIpc) is 2.57. The van der Waals surface area contributed by atoms with Crippen LogP contribution >= 0.6 is 0 Å². The monoisotopic (exact) mass is 318 g/mol. The van der Waals surface area contributed by atoms with Crippen LogP contribution in [0.4, 0.5) is 0 Å². The molecule has 0 amide bonds. The van der Waals surface area contributed by atoms with Crippen LogP contribution in [0.2, 0.25) is 0 Å². The predicted octanol–water partition coefficient (Wildman–Crippen LogP) is 3.76. The summed E-state index contributed by atoms with van der Waals surface area (Å²) in [5, 5.41) is 11.7. The molecule has 0 fully saturated rings. The SMILES string of the molecule is CCC(O)OCC(C)OCC(C)Oc1ccc2ccccc2c1. The summed E-state index contributed by atoms with van der Waals surface area (Å²) < 4.78 is 16.8. The molecule has 0 saturated heterocycles. The summed E-state index contributed by atoms with van der Waals surface area (Å²) in [5.41, 5.74) is 0. The molecule has 23 heavy (non-hydrogen) atoms. The van der Waals surface area contributed by atoms with E-state index in [1.807, 2.05) is 45.0 Å². The summed E-state index contributed by atoms with van der Waals surface area (Å²) in [6.07, 6.45) is -0.283. The summed E-state index contributed by atoms with van der Waals surface area (Å²) in [4.78, 5) is 0. The van der Waals surface area contributed by atoms with Gasteiger partial charge in [0.25, 0.3) is 0 Å². The van der Waals surface area contributed by atoms with E-state index in [-0.39, 0.29) is 12.2 Å². The first-order valence-corrected chi connectivity index (χ1v) is 8.15. The van der Waals surface area contributed by atoms with Gasteiger partial charge in [0, 0.05) is 0 Å². The summed E-state index contributed by atoms with van der Waals surface area (Å²) in [7, 11) is 0. The zero-order valence-corrected chi connectivity index (χ0v) is 14.1. The lowest BCUT2D eigenvalue weighted by Gasteiger charge is -2.19. The molecule has 0 saturated carbocycles. The molecule has 0 aliphatic heterocycles. The summed E-state index contributed by atoms with van der Waals surface area (Å²) in [6, 6.07) is 14.3. The minimum Gasteiger partial charge on any atom is -0.488 e. The highest BCUT2D eigenvalue weighted by Crippen LogP contribution is 2.21. The van der Waals surface area contributed by atoms with Crippen LogP contribution in [0.1, 0.15) is 27.2 Å². The number of fused-ring (bicyclic) bond motifs is 1. The fourth-order valence-corrected chi connectivity index (χ4v) is 2.22. The maximum Gasteiger partial charge on any atom is 0.154 e. The van der Waals surface area contributed by atoms with Crippen molar-refractivity contribution in [1.82, 2.24) is 0 Å². The Labute approximate surface area is 138 Å². The Hall–Kier alpha value is -1.62. The zero-order valence-electron chi connectivity index (χ0n) is 14.1. The van der Waals surface area contributed by atoms with Gasteiger partial charge >= 0.3 is 0 Å². The molecule has 2 aromatic carbocycles. The Morgan fingerprint density at radius 3 is 2.35 bits per heavy atom. The molecule has 0 heterocycles. The number of benzene rings is 2. The molecular formula is C19H26O4. The minimum absolute atomic E-state index is 0.0605. The Morgan fingerprint density at radius 2 is 1.61 bits per heavy atom. The van der Waals surface area contributed by atoms with E-state index in [1.165, 1.54) is 5.39 Å². The van der Waals surface area contributed by atoms with Crippen molar-refractivity contribution in [1.29, 1.82) is 0 Å². The molecular weight excluding hydrogens is 292 g/mol. The number of aliphatic hydroxyl groups is 1. The predicted molar refractivity (Wildman–Crippen MR) is 91.7 cm³/mol. The Balaban J connectivity index is 1.78. The maximum atomic E-state index is 9.36. The van der Waals surface area contributed by atoms with Gasteiger partial charge in [-0.1, -0.05) is 37.3 Å². The van der Waals surface area contributed by atoms with Crippen LogP contribution in [0.3, 0.4) is 0 Å². The smallest absolute Gasteiger partial charge is 0.154 e. The van der Waals surface area contributed by atoms with E-state index in [0.29, 0.717) is 19.6 Å². The number of ether oxygens (including phenoxy) is 3. The molecule has 0 radical (unpaired) electrons. The molecule has 2 rings (SSSR count). The van der Waals surface area contributed by atoms with Gasteiger partial charge in [-0.25, -0.2) is 0 Å². The van der Waals surface area contributed by atoms with Gasteiger partial charge in [-0.15, -0.1) is 0 Å². The van der Waals surface area contributed by atoms with Gasteiger partial charge in [0.1, 0.15) is 11.9 Å². The molecule has 4 heteroatoms. The molecule has 0 aromatic heterocycles. The molecule has 0 spiro atoms. The van der Waals surface area contributed by atoms with Crippen LogP contribution in [0, 0.1) is 0 Å². The second-order valence-corrected chi connectivity index (χ2v) is 5.78. The first-order chi connectivity index (χ1) is 11.1. The van der Waals surface area contributed by atoms with Crippen LogP contribution in [-0.2, 0) is 9.47 Å². The van der Waals surface area contributed by atoms with Crippen molar-refractivity contribution in [3.63, 3.8) is 0 Å². The van der Waals surface area contributed by atoms with E-state index in [0.717, 1.165) is 11.1 Å². The highest BCUT2D eigenvalue weighted by molar-refractivity contribution is 5.83. The lowest BCUT2D eigenvalue weighted by Crippen LogP contribution is -2.26. The first-order valence-electron chi connectivity index (χ1n) is 8.15. The fraction of sp³-hybridized carbons (Fsp3) is 0.474. The van der Waals surface area contributed by atoms with Crippen molar-refractivity contribution in [2.45, 2.75) is 45.7 Å². The Morgan fingerprint density at radius 1 is 0.913 bits per heavy atom. The van der Waals surface area contributed by atoms with E-state index in [4.69, 9.17) is 14.2 Å². The van der Waals surface area contributed by atoms with Crippen molar-refractivity contribution in [3.8, 4) is 5.75 Å². The highest BCUT2D eigenvalue weighted by atomic mass is 16.6. The molecule has 3 atom stereocenters. The third-order valence-electron chi connectivity index (χ3n) is 3.55. The Kier molecular flexibility index (Phi) is 6.84. The van der Waals surface area contributed by atoms with Gasteiger partial charge in [-0.2, -0.15) is 0 Å². The van der Waals surface area contributed by atoms with E-state index in [2.05, 4.69) is 18.2 Å². The molecule has 3 unspecified atom stereocenters. The minimum atomic E-state index is -0.715. The van der Waals surface area contributed by atoms with Crippen molar-refractivity contribution < 1.29 is 19.3 Å². The number of hydrogen-bond acceptors (Lipinski definition) is 4. The third kappa shape index (κ3) is 5.82. The lowest BCUT2D eigenvalue weighted by atomic mass is 10.1. The standard InChI is InChI=1S/C19H26O4/c1-4-19(20)22-12-14(2)21-13-15(3)23-18-10-9-16-7-5-6-8-17(16)11-18/h5-11,14-15,19-20H,4,12-13H2,1-3H3. The van der Waals surface area contributed by atoms with E-state index < -0.39 is 6.29 Å². The molecule has 0 aliphatic rings. The molecule has 0 bridgehead atoms. The van der Waals surface area contributed by atoms with Crippen molar-refractivity contribution in [2.24, 2.45) is 0 Å². The molecule has 126 valence electrons. The zero-order chi connectivity index (χ0) is 16.7. The number of rotatable bonds is 9. The van der Waals surface area contributed by atoms with Crippen LogP contribution in [0.15, 0.2) is 42.5 Å². The van der Waals surface area contributed by atoms with Crippen LogP contribution < -0.4 is 4.74 Å². The van der Waals surface area contributed by atoms with Gasteiger partial charge in [0.2, 0.25) is 0 Å². The van der Waals surface area contributed by atoms with E-state index in [9.17, 15) is 5.11 Å². The lowest BCUT2D eigenvalue weighted by molar-refractivity contribution is -0.132. The van der Waals surface area contributed by atoms with Gasteiger partial charge in [0.05, 0.1) is 19.3 Å². The van der Waals surface area contributed by atoms with Crippen molar-refractivity contribution in [2.75, 3.05) is 13.2 Å². The van der Waals surface area contributed by atoms with Gasteiger partial charge in [0.15, 0.2) is 6.29 Å². The largest absolute Gasteiger partial charge is 0.488 e. The normalized spacial score (nSPS) is 15.3. The van der Waals surface area contributed by atoms with Gasteiger partial charge in [-0.3, -0.25) is 0 Å². The quantitative estimate of drug-likeness (QED) is 0.715. The second kappa shape index (κ2) is 8.87. The third-order valence-corrected chi connectivity index (χ3v) is 3.55. The average molecular weight is 318 g/mol. The van der Waals surface area contributed by atoms with E-state index in [1.54, 1.807) is 0 Å².